The van der Waals surface area contributed by atoms with Crippen molar-refractivity contribution in [3.63, 3.8) is 0 Å². The van der Waals surface area contributed by atoms with E-state index in [4.69, 9.17) is 9.97 Å². The summed E-state index contributed by atoms with van der Waals surface area (Å²) in [6, 6.07) is 63.0. The molecule has 3 heterocycles. The molecule has 11 aromatic rings. The van der Waals surface area contributed by atoms with Crippen LogP contribution >= 0.6 is 11.3 Å². The van der Waals surface area contributed by atoms with Crippen LogP contribution in [0.4, 0.5) is 0 Å². The van der Waals surface area contributed by atoms with Crippen molar-refractivity contribution in [2.45, 2.75) is 0 Å². The van der Waals surface area contributed by atoms with Crippen molar-refractivity contribution in [2.75, 3.05) is 0 Å². The van der Waals surface area contributed by atoms with Crippen LogP contribution in [0.5, 0.6) is 0 Å². The lowest BCUT2D eigenvalue weighted by molar-refractivity contribution is 1.18. The van der Waals surface area contributed by atoms with Crippen LogP contribution < -0.4 is 0 Å². The normalized spacial score (nSPS) is 11.8. The molecule has 0 atom stereocenters. The Balaban J connectivity index is 1.13. The van der Waals surface area contributed by atoms with E-state index < -0.39 is 0 Å². The average molecular weight is 680 g/mol. The molecule has 0 aliphatic heterocycles. The van der Waals surface area contributed by atoms with E-state index in [0.29, 0.717) is 0 Å². The van der Waals surface area contributed by atoms with Crippen molar-refractivity contribution >= 4 is 75.0 Å². The third kappa shape index (κ3) is 4.45. The van der Waals surface area contributed by atoms with Gasteiger partial charge in [0.1, 0.15) is 0 Å². The summed E-state index contributed by atoms with van der Waals surface area (Å²) in [4.78, 5) is 10.6. The lowest BCUT2D eigenvalue weighted by Crippen LogP contribution is -1.96. The fourth-order valence-corrected chi connectivity index (χ4v) is 9.18. The lowest BCUT2D eigenvalue weighted by Gasteiger charge is -2.11. The first-order valence-electron chi connectivity index (χ1n) is 17.6. The molecule has 0 spiro atoms. The molecule has 8 aromatic carbocycles. The Bertz CT molecular complexity index is 3180. The van der Waals surface area contributed by atoms with E-state index in [2.05, 4.69) is 180 Å². The molecule has 0 aliphatic carbocycles. The van der Waals surface area contributed by atoms with E-state index in [1.807, 2.05) is 11.3 Å². The highest BCUT2D eigenvalue weighted by Crippen LogP contribution is 2.42. The summed E-state index contributed by atoms with van der Waals surface area (Å²) in [7, 11) is 0. The first-order chi connectivity index (χ1) is 25.8. The summed E-state index contributed by atoms with van der Waals surface area (Å²) >= 11 is 1.81. The molecule has 4 heteroatoms. The maximum Gasteiger partial charge on any atom is 0.160 e. The summed E-state index contributed by atoms with van der Waals surface area (Å²) in [6.45, 7) is 0. The van der Waals surface area contributed by atoms with Crippen LogP contribution in [0.15, 0.2) is 176 Å². The number of fused-ring (bicyclic) bond motifs is 10. The number of thiophene rings is 1. The van der Waals surface area contributed by atoms with Gasteiger partial charge in [-0.3, -0.25) is 0 Å². The molecule has 0 unspecified atom stereocenters. The summed E-state index contributed by atoms with van der Waals surface area (Å²) in [5.41, 5.74) is 9.86. The highest BCUT2D eigenvalue weighted by atomic mass is 32.1. The van der Waals surface area contributed by atoms with Crippen molar-refractivity contribution in [1.82, 2.24) is 14.5 Å². The quantitative estimate of drug-likeness (QED) is 0.185. The fourth-order valence-electron chi connectivity index (χ4n) is 7.98. The van der Waals surface area contributed by atoms with Gasteiger partial charge in [0.25, 0.3) is 0 Å². The van der Waals surface area contributed by atoms with Gasteiger partial charge in [0.15, 0.2) is 5.82 Å². The van der Waals surface area contributed by atoms with E-state index >= 15 is 0 Å². The molecule has 0 aliphatic rings. The molecule has 242 valence electrons. The molecule has 0 saturated carbocycles. The highest BCUT2D eigenvalue weighted by molar-refractivity contribution is 7.26. The molecule has 11 rings (SSSR count). The molecular formula is C48H29N3S. The Morgan fingerprint density at radius 1 is 0.423 bits per heavy atom. The third-order valence-corrected chi connectivity index (χ3v) is 11.6. The van der Waals surface area contributed by atoms with E-state index in [9.17, 15) is 0 Å². The first-order valence-corrected chi connectivity index (χ1v) is 18.4. The van der Waals surface area contributed by atoms with E-state index in [0.717, 1.165) is 50.4 Å². The van der Waals surface area contributed by atoms with Crippen molar-refractivity contribution < 1.29 is 0 Å². The predicted octanol–water partition coefficient (Wildman–Crippen LogP) is 13.2. The number of aromatic nitrogens is 3. The minimum Gasteiger partial charge on any atom is -0.309 e. The molecule has 0 N–H and O–H groups in total. The standard InChI is InChI=1S/C48H29N3S/c1-3-13-31(14-4-1)45-39-25-24-38-37-20-9-10-21-43(37)52-47(38)46(39)50-48(49-45)34-16-11-15-32(28-34)33-23-26-41-40(29-33)44-36-19-8-7-12-30(36)22-27-42(44)51(41)35-17-5-2-6-18-35/h1-29H. The van der Waals surface area contributed by atoms with Crippen LogP contribution in [-0.2, 0) is 0 Å². The number of rotatable bonds is 4. The van der Waals surface area contributed by atoms with Crippen molar-refractivity contribution in [2.24, 2.45) is 0 Å². The molecule has 0 radical (unpaired) electrons. The third-order valence-electron chi connectivity index (χ3n) is 10.4. The van der Waals surface area contributed by atoms with Gasteiger partial charge in [0.05, 0.1) is 26.9 Å². The lowest BCUT2D eigenvalue weighted by atomic mass is 9.98. The highest BCUT2D eigenvalue weighted by Gasteiger charge is 2.18. The predicted molar refractivity (Wildman–Crippen MR) is 221 cm³/mol. The monoisotopic (exact) mass is 679 g/mol. The Hall–Kier alpha value is -6.62. The topological polar surface area (TPSA) is 30.7 Å². The largest absolute Gasteiger partial charge is 0.309 e. The molecule has 0 amide bonds. The van der Waals surface area contributed by atoms with E-state index in [1.54, 1.807) is 0 Å². The molecule has 0 saturated heterocycles. The van der Waals surface area contributed by atoms with Crippen LogP contribution in [0.1, 0.15) is 0 Å². The zero-order valence-electron chi connectivity index (χ0n) is 28.0. The van der Waals surface area contributed by atoms with Crippen LogP contribution in [0.3, 0.4) is 0 Å². The summed E-state index contributed by atoms with van der Waals surface area (Å²) in [5.74, 6) is 0.728. The van der Waals surface area contributed by atoms with Gasteiger partial charge in [-0.1, -0.05) is 127 Å². The Morgan fingerprint density at radius 3 is 2.00 bits per heavy atom. The second-order valence-corrected chi connectivity index (χ2v) is 14.4. The molecule has 0 bridgehead atoms. The minimum absolute atomic E-state index is 0.728. The number of benzene rings is 8. The van der Waals surface area contributed by atoms with Crippen LogP contribution in [0, 0.1) is 0 Å². The fraction of sp³-hybridized carbons (Fsp3) is 0. The van der Waals surface area contributed by atoms with Crippen molar-refractivity contribution in [1.29, 1.82) is 0 Å². The van der Waals surface area contributed by atoms with Gasteiger partial charge in [-0.15, -0.1) is 11.3 Å². The van der Waals surface area contributed by atoms with Gasteiger partial charge in [-0.2, -0.15) is 0 Å². The minimum atomic E-state index is 0.728. The molecule has 0 fully saturated rings. The van der Waals surface area contributed by atoms with E-state index in [1.165, 1.54) is 52.8 Å². The Kier molecular flexibility index (Phi) is 6.42. The second-order valence-electron chi connectivity index (χ2n) is 13.4. The molecule has 3 aromatic heterocycles. The maximum atomic E-state index is 5.35. The van der Waals surface area contributed by atoms with Crippen molar-refractivity contribution in [3.8, 4) is 39.5 Å². The van der Waals surface area contributed by atoms with Gasteiger partial charge in [-0.25, -0.2) is 9.97 Å². The summed E-state index contributed by atoms with van der Waals surface area (Å²) < 4.78 is 4.86. The van der Waals surface area contributed by atoms with Crippen molar-refractivity contribution in [3.05, 3.63) is 176 Å². The zero-order valence-corrected chi connectivity index (χ0v) is 28.8. The first kappa shape index (κ1) is 29.1. The van der Waals surface area contributed by atoms with Gasteiger partial charge in [-0.05, 0) is 70.4 Å². The van der Waals surface area contributed by atoms with Gasteiger partial charge < -0.3 is 4.57 Å². The SMILES string of the molecule is c1ccc(-c2nc(-c3cccc(-c4ccc5c(c4)c4c6ccccc6ccc4n5-c4ccccc4)c3)nc3c2ccc2c4ccccc4sc23)cc1. The van der Waals surface area contributed by atoms with Gasteiger partial charge in [0, 0.05) is 48.4 Å². The van der Waals surface area contributed by atoms with Crippen LogP contribution in [-0.4, -0.2) is 14.5 Å². The number of nitrogens with zero attached hydrogens (tertiary/aromatic N) is 3. The van der Waals surface area contributed by atoms with E-state index in [-0.39, 0.29) is 0 Å². The smallest absolute Gasteiger partial charge is 0.160 e. The molecule has 3 nitrogen and oxygen atoms in total. The summed E-state index contributed by atoms with van der Waals surface area (Å²) in [6.07, 6.45) is 0. The Morgan fingerprint density at radius 2 is 1.12 bits per heavy atom. The average Bonchev–Trinajstić information content (AvgIpc) is 3.77. The number of hydrogen-bond donors (Lipinski definition) is 0. The zero-order chi connectivity index (χ0) is 34.2. The Labute approximate surface area is 303 Å². The number of hydrogen-bond acceptors (Lipinski definition) is 3. The van der Waals surface area contributed by atoms with Crippen LogP contribution in [0.25, 0.3) is 103 Å². The second kappa shape index (κ2) is 11.5. The van der Waals surface area contributed by atoms with Gasteiger partial charge in [0.2, 0.25) is 0 Å². The van der Waals surface area contributed by atoms with Crippen LogP contribution in [0.2, 0.25) is 0 Å². The molecular weight excluding hydrogens is 651 g/mol. The number of para-hydroxylation sites is 1. The summed E-state index contributed by atoms with van der Waals surface area (Å²) in [5, 5.41) is 8.58. The molecule has 52 heavy (non-hydrogen) atoms. The van der Waals surface area contributed by atoms with Gasteiger partial charge >= 0.3 is 0 Å². The maximum absolute atomic E-state index is 5.35.